The molecule has 1 aliphatic heterocycles. The van der Waals surface area contributed by atoms with E-state index in [1.54, 1.807) is 6.07 Å². The third-order valence-electron chi connectivity index (χ3n) is 4.13. The molecule has 2 heterocycles. The summed E-state index contributed by atoms with van der Waals surface area (Å²) in [6.07, 6.45) is 1.08. The zero-order chi connectivity index (χ0) is 15.5. The van der Waals surface area contributed by atoms with Gasteiger partial charge in [-0.15, -0.1) is 0 Å². The van der Waals surface area contributed by atoms with Crippen molar-refractivity contribution in [1.29, 1.82) is 0 Å². The average molecular weight is 295 g/mol. The molecule has 1 aromatic heterocycles. The largest absolute Gasteiger partial charge is 0.366 e. The first-order valence-corrected chi connectivity index (χ1v) is 7.71. The standard InChI is InChI=1S/C18H21N3O/c1-13-6-5-8-16(20-13)18(22)19-12-14(2)21-11-10-15-7-3-4-9-17(15)21/h3-9,14H,10-12H2,1-2H3,(H,19,22)/t14-/m1/s1. The Morgan fingerprint density at radius 3 is 2.91 bits per heavy atom. The van der Waals surface area contributed by atoms with Crippen molar-refractivity contribution in [3.05, 3.63) is 59.4 Å². The second-order valence-corrected chi connectivity index (χ2v) is 5.80. The summed E-state index contributed by atoms with van der Waals surface area (Å²) in [4.78, 5) is 18.8. The fourth-order valence-corrected chi connectivity index (χ4v) is 2.93. The molecular formula is C18H21N3O. The van der Waals surface area contributed by atoms with Crippen molar-refractivity contribution in [2.75, 3.05) is 18.0 Å². The molecule has 3 rings (SSSR count). The fraction of sp³-hybridized carbons (Fsp3) is 0.333. The maximum atomic E-state index is 12.2. The average Bonchev–Trinajstić information content (AvgIpc) is 2.96. The highest BCUT2D eigenvalue weighted by Crippen LogP contribution is 2.28. The van der Waals surface area contributed by atoms with Crippen molar-refractivity contribution < 1.29 is 4.79 Å². The van der Waals surface area contributed by atoms with E-state index in [1.165, 1.54) is 11.3 Å². The van der Waals surface area contributed by atoms with E-state index in [-0.39, 0.29) is 11.9 Å². The number of rotatable bonds is 4. The number of nitrogens with one attached hydrogen (secondary N) is 1. The molecule has 4 nitrogen and oxygen atoms in total. The molecule has 0 bridgehead atoms. The fourth-order valence-electron chi connectivity index (χ4n) is 2.93. The predicted molar refractivity (Wildman–Crippen MR) is 88.3 cm³/mol. The van der Waals surface area contributed by atoms with Gasteiger partial charge in [-0.3, -0.25) is 4.79 Å². The van der Waals surface area contributed by atoms with Crippen LogP contribution >= 0.6 is 0 Å². The number of hydrogen-bond donors (Lipinski definition) is 1. The van der Waals surface area contributed by atoms with E-state index >= 15 is 0 Å². The van der Waals surface area contributed by atoms with E-state index in [9.17, 15) is 4.79 Å². The van der Waals surface area contributed by atoms with E-state index in [2.05, 4.69) is 46.4 Å². The maximum absolute atomic E-state index is 12.2. The summed E-state index contributed by atoms with van der Waals surface area (Å²) in [6, 6.07) is 14.2. The van der Waals surface area contributed by atoms with Crippen LogP contribution in [0.15, 0.2) is 42.5 Å². The molecule has 0 aliphatic carbocycles. The van der Waals surface area contributed by atoms with Gasteiger partial charge < -0.3 is 10.2 Å². The Hall–Kier alpha value is -2.36. The molecule has 1 atom stereocenters. The van der Waals surface area contributed by atoms with Gasteiger partial charge in [0.25, 0.3) is 5.91 Å². The van der Waals surface area contributed by atoms with Crippen molar-refractivity contribution in [3.63, 3.8) is 0 Å². The third kappa shape index (κ3) is 2.96. The van der Waals surface area contributed by atoms with Crippen molar-refractivity contribution in [2.45, 2.75) is 26.3 Å². The molecule has 0 saturated carbocycles. The lowest BCUT2D eigenvalue weighted by Gasteiger charge is -2.27. The Balaban J connectivity index is 1.61. The number of benzene rings is 1. The van der Waals surface area contributed by atoms with Crippen LogP contribution < -0.4 is 10.2 Å². The van der Waals surface area contributed by atoms with Crippen molar-refractivity contribution >= 4 is 11.6 Å². The Morgan fingerprint density at radius 1 is 1.27 bits per heavy atom. The number of nitrogens with zero attached hydrogens (tertiary/aromatic N) is 2. The summed E-state index contributed by atoms with van der Waals surface area (Å²) in [5.74, 6) is -0.108. The van der Waals surface area contributed by atoms with Gasteiger partial charge in [0.15, 0.2) is 0 Å². The second-order valence-electron chi connectivity index (χ2n) is 5.80. The van der Waals surface area contributed by atoms with E-state index in [0.717, 1.165) is 18.7 Å². The quantitative estimate of drug-likeness (QED) is 0.943. The van der Waals surface area contributed by atoms with E-state index in [0.29, 0.717) is 12.2 Å². The molecule has 1 aliphatic rings. The van der Waals surface area contributed by atoms with Crippen molar-refractivity contribution in [3.8, 4) is 0 Å². The number of para-hydroxylation sites is 1. The summed E-state index contributed by atoms with van der Waals surface area (Å²) in [6.45, 7) is 5.66. The first-order valence-electron chi connectivity index (χ1n) is 7.71. The normalized spacial score (nSPS) is 14.5. The van der Waals surface area contributed by atoms with E-state index < -0.39 is 0 Å². The number of anilines is 1. The molecule has 2 aromatic rings. The molecule has 1 N–H and O–H groups in total. The lowest BCUT2D eigenvalue weighted by Crippen LogP contribution is -2.41. The lowest BCUT2D eigenvalue weighted by molar-refractivity contribution is 0.0946. The number of hydrogen-bond acceptors (Lipinski definition) is 3. The molecule has 114 valence electrons. The van der Waals surface area contributed by atoms with Crippen LogP contribution in [0.2, 0.25) is 0 Å². The molecule has 0 unspecified atom stereocenters. The number of carbonyl (C=O) groups excluding carboxylic acids is 1. The Bertz CT molecular complexity index is 684. The van der Waals surface area contributed by atoms with Crippen LogP contribution in [0, 0.1) is 6.92 Å². The molecule has 1 aromatic carbocycles. The van der Waals surface area contributed by atoms with Crippen LogP contribution in [0.3, 0.4) is 0 Å². The minimum atomic E-state index is -0.108. The molecular weight excluding hydrogens is 274 g/mol. The topological polar surface area (TPSA) is 45.2 Å². The van der Waals surface area contributed by atoms with Gasteiger partial charge in [0.2, 0.25) is 0 Å². The van der Waals surface area contributed by atoms with Gasteiger partial charge in [-0.2, -0.15) is 0 Å². The lowest BCUT2D eigenvalue weighted by atomic mass is 10.2. The maximum Gasteiger partial charge on any atom is 0.269 e. The summed E-state index contributed by atoms with van der Waals surface area (Å²) >= 11 is 0. The number of carbonyl (C=O) groups is 1. The Labute approximate surface area is 131 Å². The van der Waals surface area contributed by atoms with Crippen molar-refractivity contribution in [1.82, 2.24) is 10.3 Å². The highest BCUT2D eigenvalue weighted by molar-refractivity contribution is 5.92. The number of aryl methyl sites for hydroxylation is 1. The Morgan fingerprint density at radius 2 is 2.09 bits per heavy atom. The van der Waals surface area contributed by atoms with Gasteiger partial charge in [-0.1, -0.05) is 24.3 Å². The van der Waals surface area contributed by atoms with E-state index in [4.69, 9.17) is 0 Å². The second kappa shape index (κ2) is 6.18. The summed E-state index contributed by atoms with van der Waals surface area (Å²) < 4.78 is 0. The van der Waals surface area contributed by atoms with Crippen LogP contribution in [-0.2, 0) is 6.42 Å². The van der Waals surface area contributed by atoms with Crippen LogP contribution in [-0.4, -0.2) is 30.0 Å². The summed E-state index contributed by atoms with van der Waals surface area (Å²) in [5.41, 5.74) is 4.02. The van der Waals surface area contributed by atoms with Crippen molar-refractivity contribution in [2.24, 2.45) is 0 Å². The first-order chi connectivity index (χ1) is 10.6. The molecule has 0 saturated heterocycles. The Kier molecular flexibility index (Phi) is 4.09. The zero-order valence-corrected chi connectivity index (χ0v) is 13.0. The first kappa shape index (κ1) is 14.6. The number of fused-ring (bicyclic) bond motifs is 1. The van der Waals surface area contributed by atoms with Gasteiger partial charge >= 0.3 is 0 Å². The van der Waals surface area contributed by atoms with Crippen LogP contribution in [0.25, 0.3) is 0 Å². The molecule has 0 spiro atoms. The van der Waals surface area contributed by atoms with Crippen LogP contribution in [0.4, 0.5) is 5.69 Å². The highest BCUT2D eigenvalue weighted by atomic mass is 16.1. The smallest absolute Gasteiger partial charge is 0.269 e. The van der Waals surface area contributed by atoms with Gasteiger partial charge in [-0.25, -0.2) is 4.98 Å². The van der Waals surface area contributed by atoms with Gasteiger partial charge in [0.05, 0.1) is 0 Å². The summed E-state index contributed by atoms with van der Waals surface area (Å²) in [7, 11) is 0. The van der Waals surface area contributed by atoms with E-state index in [1.807, 2.05) is 19.1 Å². The number of amides is 1. The van der Waals surface area contributed by atoms with Gasteiger partial charge in [0, 0.05) is 30.5 Å². The monoisotopic (exact) mass is 295 g/mol. The van der Waals surface area contributed by atoms with Gasteiger partial charge in [-0.05, 0) is 44.0 Å². The van der Waals surface area contributed by atoms with Crippen LogP contribution in [0.5, 0.6) is 0 Å². The third-order valence-corrected chi connectivity index (χ3v) is 4.13. The minimum absolute atomic E-state index is 0.108. The molecule has 4 heteroatoms. The zero-order valence-electron chi connectivity index (χ0n) is 13.0. The highest BCUT2D eigenvalue weighted by Gasteiger charge is 2.23. The molecule has 0 radical (unpaired) electrons. The molecule has 22 heavy (non-hydrogen) atoms. The van der Waals surface area contributed by atoms with Gasteiger partial charge in [0.1, 0.15) is 5.69 Å². The SMILES string of the molecule is Cc1cccc(C(=O)NC[C@@H](C)N2CCc3ccccc32)n1. The minimum Gasteiger partial charge on any atom is -0.366 e. The predicted octanol–water partition coefficient (Wildman–Crippen LogP) is 2.57. The summed E-state index contributed by atoms with van der Waals surface area (Å²) in [5, 5.41) is 2.99. The molecule has 0 fully saturated rings. The number of pyridine rings is 1. The molecule has 1 amide bonds. The number of aromatic nitrogens is 1. The van der Waals surface area contributed by atoms with Crippen LogP contribution in [0.1, 0.15) is 28.7 Å².